The van der Waals surface area contributed by atoms with E-state index in [0.29, 0.717) is 202 Å². The number of rotatable bonds is 71. The smallest absolute Gasteiger partial charge is 0.410 e. The molecule has 2 aromatic rings. The van der Waals surface area contributed by atoms with E-state index in [0.717, 1.165) is 22.0 Å². The molecule has 5 rings (SSSR count). The van der Waals surface area contributed by atoms with Gasteiger partial charge in [-0.1, -0.05) is 111 Å². The van der Waals surface area contributed by atoms with E-state index in [1.807, 2.05) is 36.9 Å². The molecule has 2 saturated heterocycles. The van der Waals surface area contributed by atoms with Crippen LogP contribution >= 0.6 is 0 Å². The second-order valence-electron chi connectivity index (χ2n) is 33.9. The molecule has 12 amide bonds. The van der Waals surface area contributed by atoms with E-state index in [1.165, 1.54) is 21.3 Å². The van der Waals surface area contributed by atoms with Crippen molar-refractivity contribution in [3.05, 3.63) is 77.9 Å². The summed E-state index contributed by atoms with van der Waals surface area (Å²) in [7, 11) is 7.68. The zero-order valence-electron chi connectivity index (χ0n) is 79.8. The maximum Gasteiger partial charge on any atom is 0.410 e. The minimum absolute atomic E-state index is 0.00725. The molecule has 3 aliphatic rings. The van der Waals surface area contributed by atoms with Crippen molar-refractivity contribution < 1.29 is 129 Å². The number of carbonyl (C=O) groups is 11. The fourth-order valence-corrected chi connectivity index (χ4v) is 15.6. The van der Waals surface area contributed by atoms with Crippen LogP contribution in [0, 0.1) is 29.6 Å². The van der Waals surface area contributed by atoms with Gasteiger partial charge in [-0.2, -0.15) is 0 Å². The van der Waals surface area contributed by atoms with Gasteiger partial charge in [0.2, 0.25) is 41.4 Å². The molecular formula is C92H152N12O27. The van der Waals surface area contributed by atoms with Crippen molar-refractivity contribution in [3.63, 3.8) is 0 Å². The van der Waals surface area contributed by atoms with Crippen LogP contribution in [0.3, 0.4) is 0 Å². The number of primary amides is 1. The number of carbonyl (C=O) groups excluding carboxylic acids is 11. The summed E-state index contributed by atoms with van der Waals surface area (Å²) >= 11 is 0. The molecule has 0 bridgehead atoms. The van der Waals surface area contributed by atoms with E-state index in [-0.39, 0.29) is 68.9 Å². The topological polar surface area (TPSA) is 461 Å². The lowest BCUT2D eigenvalue weighted by Gasteiger charge is -2.52. The molecule has 39 nitrogen and oxygen atoms in total. The van der Waals surface area contributed by atoms with Gasteiger partial charge in [0.25, 0.3) is 11.8 Å². The number of nitrogens with two attached hydrogens (primary N) is 1. The minimum atomic E-state index is -1.67. The molecule has 2 fully saturated rings. The second kappa shape index (κ2) is 62.9. The predicted octanol–water partition coefficient (Wildman–Crippen LogP) is 3.79. The number of nitrogens with one attached hydrogen (secondary N) is 6. The number of urea groups is 1. The van der Waals surface area contributed by atoms with E-state index < -0.39 is 143 Å². The average Bonchev–Trinajstić information content (AvgIpc) is 1.71. The highest BCUT2D eigenvalue weighted by Gasteiger charge is 2.58. The molecule has 0 saturated carbocycles. The summed E-state index contributed by atoms with van der Waals surface area (Å²) < 4.78 is 83.7. The minimum Gasteiger partial charge on any atom is -0.445 e. The zero-order valence-corrected chi connectivity index (χ0v) is 79.8. The maximum atomic E-state index is 14.9. The monoisotopic (exact) mass is 1860 g/mol. The van der Waals surface area contributed by atoms with Gasteiger partial charge >= 0.3 is 12.1 Å². The lowest BCUT2D eigenvalue weighted by molar-refractivity contribution is -0.164. The van der Waals surface area contributed by atoms with Crippen LogP contribution in [0.4, 0.5) is 15.3 Å². The average molecular weight is 1860 g/mol. The van der Waals surface area contributed by atoms with Crippen LogP contribution in [-0.2, 0) is 121 Å². The maximum absolute atomic E-state index is 14.9. The molecule has 0 radical (unpaired) electrons. The third kappa shape index (κ3) is 39.2. The number of aliphatic hydroxyl groups excluding tert-OH is 1. The molecule has 742 valence electrons. The van der Waals surface area contributed by atoms with E-state index in [1.54, 1.807) is 116 Å². The molecule has 3 aliphatic heterocycles. The molecule has 2 aromatic carbocycles. The Labute approximate surface area is 773 Å². The quantitative estimate of drug-likeness (QED) is 0.0345. The number of benzene rings is 2. The number of nitrogens with zero attached hydrogens (tertiary/aromatic N) is 5. The third-order valence-corrected chi connectivity index (χ3v) is 23.0. The van der Waals surface area contributed by atoms with Gasteiger partial charge in [0.05, 0.1) is 194 Å². The number of likely N-dealkylation sites (tertiary alicyclic amines) is 2. The van der Waals surface area contributed by atoms with Crippen LogP contribution in [0.1, 0.15) is 131 Å². The number of anilines is 1. The van der Waals surface area contributed by atoms with Gasteiger partial charge in [0.1, 0.15) is 30.8 Å². The SMILES string of the molecule is CC[C@H](C)[C@@H]([C@@H](CC(=O)N1CCC[C@H]1[C@H](OC)[C@@H](C)C(=O)N[C@H](C)[C@@H](O)c1ccccc1)OC)N(C)C(=O)[C@@H](NC(=O)[C@H](C(C)C)N(C)C(=O)OCc1ccc(NC(=O)[C@H](CCCNC(N)=O)NC(=O)C(NC(=O)C2(N3C(=O)C=CC3=O)CN(CCCOCCOCCOCCOCCOCCOCCOCCOCCOCCOCCOCCOC)C2)C(C)C)cc1)C(C)C. The van der Waals surface area contributed by atoms with Crippen LogP contribution in [-0.4, -0.2) is 375 Å². The van der Waals surface area contributed by atoms with E-state index in [2.05, 4.69) is 31.9 Å². The van der Waals surface area contributed by atoms with Crippen LogP contribution < -0.4 is 37.6 Å². The van der Waals surface area contributed by atoms with Gasteiger partial charge in [-0.05, 0) is 86.0 Å². The molecule has 12 atom stereocenters. The first-order chi connectivity index (χ1) is 62.9. The molecular weight excluding hydrogens is 1710 g/mol. The van der Waals surface area contributed by atoms with Crippen molar-refractivity contribution >= 4 is 71.0 Å². The van der Waals surface area contributed by atoms with Crippen LogP contribution in [0.15, 0.2) is 66.7 Å². The van der Waals surface area contributed by atoms with Gasteiger partial charge < -0.3 is 124 Å². The Bertz CT molecular complexity index is 3700. The first-order valence-electron chi connectivity index (χ1n) is 45.9. The Hall–Kier alpha value is -8.49. The Kier molecular flexibility index (Phi) is 54.3. The van der Waals surface area contributed by atoms with E-state index in [4.69, 9.17) is 76.8 Å². The largest absolute Gasteiger partial charge is 0.445 e. The van der Waals surface area contributed by atoms with Crippen molar-refractivity contribution in [2.24, 2.45) is 35.3 Å². The summed E-state index contributed by atoms with van der Waals surface area (Å²) in [5, 5.41) is 27.7. The third-order valence-electron chi connectivity index (χ3n) is 23.0. The highest BCUT2D eigenvalue weighted by molar-refractivity contribution is 6.16. The Balaban J connectivity index is 1.03. The summed E-state index contributed by atoms with van der Waals surface area (Å²) in [4.78, 5) is 160. The van der Waals surface area contributed by atoms with Crippen LogP contribution in [0.2, 0.25) is 0 Å². The lowest BCUT2D eigenvalue weighted by Crippen LogP contribution is -2.78. The molecule has 0 aliphatic carbocycles. The second-order valence-corrected chi connectivity index (χ2v) is 33.9. The molecule has 0 spiro atoms. The molecule has 39 heteroatoms. The van der Waals surface area contributed by atoms with Gasteiger partial charge in [-0.15, -0.1) is 0 Å². The summed E-state index contributed by atoms with van der Waals surface area (Å²) in [6, 6.07) is 8.09. The first kappa shape index (κ1) is 113. The first-order valence-corrected chi connectivity index (χ1v) is 45.9. The summed E-state index contributed by atoms with van der Waals surface area (Å²) in [5.41, 5.74) is 5.09. The number of hydrogen-bond donors (Lipinski definition) is 8. The number of methoxy groups -OCH3 is 3. The Morgan fingerprint density at radius 2 is 1.05 bits per heavy atom. The van der Waals surface area contributed by atoms with Crippen molar-refractivity contribution in [3.8, 4) is 0 Å². The van der Waals surface area contributed by atoms with E-state index in [9.17, 15) is 57.8 Å². The summed E-state index contributed by atoms with van der Waals surface area (Å²) in [6.07, 6.45) is 1.34. The Morgan fingerprint density at radius 3 is 1.51 bits per heavy atom. The lowest BCUT2D eigenvalue weighted by atomic mass is 9.85. The summed E-state index contributed by atoms with van der Waals surface area (Å²) in [6.45, 7) is 28.5. The predicted molar refractivity (Wildman–Crippen MR) is 485 cm³/mol. The molecule has 0 aromatic heterocycles. The number of hydrogen-bond acceptors (Lipinski definition) is 28. The highest BCUT2D eigenvalue weighted by atomic mass is 16.6. The van der Waals surface area contributed by atoms with Crippen molar-refractivity contribution in [2.75, 3.05) is 225 Å². The molecule has 1 unspecified atom stereocenters. The van der Waals surface area contributed by atoms with Gasteiger partial charge in [-0.25, -0.2) is 9.59 Å². The molecule has 9 N–H and O–H groups in total. The Morgan fingerprint density at radius 1 is 0.557 bits per heavy atom. The normalized spacial score (nSPS) is 17.0. The number of ether oxygens (including phenoxy) is 15. The van der Waals surface area contributed by atoms with Crippen molar-refractivity contribution in [1.82, 2.24) is 51.1 Å². The molecule has 131 heavy (non-hydrogen) atoms. The zero-order chi connectivity index (χ0) is 96.2. The van der Waals surface area contributed by atoms with E-state index >= 15 is 0 Å². The number of likely N-dealkylation sites (N-methyl/N-ethyl adjacent to an activating group) is 2. The van der Waals surface area contributed by atoms with Gasteiger partial charge in [0, 0.05) is 92.6 Å². The van der Waals surface area contributed by atoms with Crippen LogP contribution in [0.5, 0.6) is 0 Å². The van der Waals surface area contributed by atoms with Crippen molar-refractivity contribution in [1.29, 1.82) is 0 Å². The van der Waals surface area contributed by atoms with Gasteiger partial charge in [0.15, 0.2) is 5.54 Å². The number of aliphatic hydroxyl groups is 1. The summed E-state index contributed by atoms with van der Waals surface area (Å²) in [5.74, 6) is -7.56. The van der Waals surface area contributed by atoms with Crippen molar-refractivity contribution in [2.45, 2.75) is 187 Å². The van der Waals surface area contributed by atoms with Gasteiger partial charge in [-0.3, -0.25) is 57.9 Å². The molecule has 3 heterocycles. The number of imide groups is 1. The fourth-order valence-electron chi connectivity index (χ4n) is 15.6. The highest BCUT2D eigenvalue weighted by Crippen LogP contribution is 2.34. The van der Waals surface area contributed by atoms with Crippen LogP contribution in [0.25, 0.3) is 0 Å². The standard InChI is InChI=1S/C92H152N12O27/c1-16-66(8)81(74(118-14)59-77(107)103-35-21-26-73(103)83(119-15)67(9)84(109)95-68(10)82(108)70-23-18-17-19-24-70)100(11)88(113)79(64(4)5)98-87(112)80(65(6)7)101(12)91(116)131-60-69-27-29-71(30-28-69)96-85(110)72(25-20-33-94-90(93)115)97-86(111)78(63(2)3)99-89(114)92(104-75(105)31-32-76(104)106)61-102(62-92)34-22-36-120-39-40-122-43-44-124-47-48-126-51-52-128-55-56-130-58-57-129-54-53-127-50-49-125-46-45-123-42-41-121-38-37-117-13/h17-19,23-24,27-32,63-68,72-74,78-83,108H,16,20-22,25-26,33-62H2,1-15H3,(H,95,109)(H,96,110)(H,97,111)(H,98,112)(H,99,114)(H3,93,94,115)/t66-,67+,68+,72-,73-,74+,78?,79-,80-,81-,82+,83+/m0/s1. The number of amides is 12. The fraction of sp³-hybridized carbons (Fsp3) is 0.728.